The van der Waals surface area contributed by atoms with Gasteiger partial charge < -0.3 is 15.0 Å². The number of halogens is 1. The predicted octanol–water partition coefficient (Wildman–Crippen LogP) is 1.29. The molecule has 17 heavy (non-hydrogen) atoms. The first-order chi connectivity index (χ1) is 7.77. The molecule has 1 fully saturated rings. The van der Waals surface area contributed by atoms with Crippen LogP contribution in [0, 0.1) is 5.92 Å². The Morgan fingerprint density at radius 3 is 2.94 bits per heavy atom. The number of carbonyl (C=O) groups excluding carboxylic acids is 1. The van der Waals surface area contributed by atoms with Crippen LogP contribution in [0.15, 0.2) is 0 Å². The van der Waals surface area contributed by atoms with Crippen LogP contribution >= 0.6 is 12.4 Å². The average Bonchev–Trinajstić information content (AvgIpc) is 2.75. The van der Waals surface area contributed by atoms with Gasteiger partial charge in [-0.1, -0.05) is 0 Å². The molecule has 1 aliphatic heterocycles. The van der Waals surface area contributed by atoms with Crippen LogP contribution in [0.5, 0.6) is 0 Å². The monoisotopic (exact) mass is 264 g/mol. The molecule has 0 aliphatic carbocycles. The SMILES string of the molecule is CCOCC1CCN(C(=O)CCCNC)C1.Cl. The van der Waals surface area contributed by atoms with E-state index in [4.69, 9.17) is 4.74 Å². The second-order valence-electron chi connectivity index (χ2n) is 4.36. The lowest BCUT2D eigenvalue weighted by molar-refractivity contribution is -0.130. The number of nitrogens with one attached hydrogen (secondary N) is 1. The normalized spacial score (nSPS) is 19.2. The van der Waals surface area contributed by atoms with Crippen molar-refractivity contribution in [1.82, 2.24) is 10.2 Å². The van der Waals surface area contributed by atoms with E-state index in [1.54, 1.807) is 0 Å². The van der Waals surface area contributed by atoms with Gasteiger partial charge in [-0.05, 0) is 33.4 Å². The zero-order chi connectivity index (χ0) is 11.8. The standard InChI is InChI=1S/C12H24N2O2.ClH/c1-3-16-10-11-6-8-14(9-11)12(15)5-4-7-13-2;/h11,13H,3-10H2,1-2H3;1H. The third kappa shape index (κ3) is 6.24. The summed E-state index contributed by atoms with van der Waals surface area (Å²) in [5, 5.41) is 3.06. The van der Waals surface area contributed by atoms with E-state index in [9.17, 15) is 4.79 Å². The number of amides is 1. The van der Waals surface area contributed by atoms with Crippen LogP contribution in [-0.2, 0) is 9.53 Å². The Kier molecular flexibility index (Phi) is 9.50. The number of carbonyl (C=O) groups is 1. The van der Waals surface area contributed by atoms with Gasteiger partial charge in [-0.15, -0.1) is 12.4 Å². The third-order valence-corrected chi connectivity index (χ3v) is 3.01. The maximum absolute atomic E-state index is 11.8. The van der Waals surface area contributed by atoms with E-state index in [1.165, 1.54) is 0 Å². The fourth-order valence-electron chi connectivity index (χ4n) is 2.05. The van der Waals surface area contributed by atoms with E-state index in [2.05, 4.69) is 5.32 Å². The molecule has 0 bridgehead atoms. The fraction of sp³-hybridized carbons (Fsp3) is 0.917. The minimum atomic E-state index is 0. The van der Waals surface area contributed by atoms with Crippen molar-refractivity contribution in [1.29, 1.82) is 0 Å². The third-order valence-electron chi connectivity index (χ3n) is 3.01. The molecule has 0 aromatic rings. The number of rotatable bonds is 7. The summed E-state index contributed by atoms with van der Waals surface area (Å²) in [5.74, 6) is 0.849. The van der Waals surface area contributed by atoms with Crippen LogP contribution in [-0.4, -0.2) is 50.7 Å². The Labute approximate surface area is 110 Å². The number of likely N-dealkylation sites (tertiary alicyclic amines) is 1. The van der Waals surface area contributed by atoms with Crippen LogP contribution in [0.1, 0.15) is 26.2 Å². The van der Waals surface area contributed by atoms with Crippen molar-refractivity contribution >= 4 is 18.3 Å². The molecule has 1 N–H and O–H groups in total. The first-order valence-corrected chi connectivity index (χ1v) is 6.28. The second-order valence-corrected chi connectivity index (χ2v) is 4.36. The molecular formula is C12H25ClN2O2. The van der Waals surface area contributed by atoms with Crippen LogP contribution in [0.3, 0.4) is 0 Å². The molecule has 1 saturated heterocycles. The summed E-state index contributed by atoms with van der Waals surface area (Å²) in [6, 6.07) is 0. The zero-order valence-corrected chi connectivity index (χ0v) is 11.7. The molecule has 4 nitrogen and oxygen atoms in total. The minimum Gasteiger partial charge on any atom is -0.381 e. The van der Waals surface area contributed by atoms with Gasteiger partial charge in [-0.3, -0.25) is 4.79 Å². The van der Waals surface area contributed by atoms with Crippen LogP contribution < -0.4 is 5.32 Å². The molecule has 1 unspecified atom stereocenters. The number of nitrogens with zero attached hydrogens (tertiary/aromatic N) is 1. The molecule has 1 atom stereocenters. The first-order valence-electron chi connectivity index (χ1n) is 6.28. The smallest absolute Gasteiger partial charge is 0.222 e. The summed E-state index contributed by atoms with van der Waals surface area (Å²) in [7, 11) is 1.92. The molecule has 1 rings (SSSR count). The Morgan fingerprint density at radius 1 is 1.53 bits per heavy atom. The quantitative estimate of drug-likeness (QED) is 0.705. The van der Waals surface area contributed by atoms with E-state index in [0.29, 0.717) is 18.2 Å². The van der Waals surface area contributed by atoms with E-state index in [0.717, 1.165) is 45.7 Å². The van der Waals surface area contributed by atoms with E-state index in [1.807, 2.05) is 18.9 Å². The van der Waals surface area contributed by atoms with Crippen molar-refractivity contribution in [2.24, 2.45) is 5.92 Å². The highest BCUT2D eigenvalue weighted by atomic mass is 35.5. The Morgan fingerprint density at radius 2 is 2.29 bits per heavy atom. The summed E-state index contributed by atoms with van der Waals surface area (Å²) in [6.07, 6.45) is 2.70. The topological polar surface area (TPSA) is 41.6 Å². The molecule has 1 heterocycles. The van der Waals surface area contributed by atoms with E-state index < -0.39 is 0 Å². The second kappa shape index (κ2) is 9.68. The highest BCUT2D eigenvalue weighted by Gasteiger charge is 2.25. The molecule has 1 amide bonds. The zero-order valence-electron chi connectivity index (χ0n) is 10.9. The number of ether oxygens (including phenoxy) is 1. The lowest BCUT2D eigenvalue weighted by atomic mass is 10.1. The van der Waals surface area contributed by atoms with Crippen molar-refractivity contribution < 1.29 is 9.53 Å². The van der Waals surface area contributed by atoms with Gasteiger partial charge in [0.05, 0.1) is 6.61 Å². The first kappa shape index (κ1) is 16.7. The minimum absolute atomic E-state index is 0. The van der Waals surface area contributed by atoms with Crippen molar-refractivity contribution in [3.05, 3.63) is 0 Å². The summed E-state index contributed by atoms with van der Waals surface area (Å²) in [5.41, 5.74) is 0. The fourth-order valence-corrected chi connectivity index (χ4v) is 2.05. The number of hydrogen-bond donors (Lipinski definition) is 1. The van der Waals surface area contributed by atoms with Gasteiger partial charge in [-0.2, -0.15) is 0 Å². The summed E-state index contributed by atoms with van der Waals surface area (Å²) in [4.78, 5) is 13.8. The Hall–Kier alpha value is -0.320. The van der Waals surface area contributed by atoms with E-state index >= 15 is 0 Å². The average molecular weight is 265 g/mol. The lowest BCUT2D eigenvalue weighted by Gasteiger charge is -2.16. The van der Waals surface area contributed by atoms with Crippen molar-refractivity contribution in [3.8, 4) is 0 Å². The molecule has 0 saturated carbocycles. The van der Waals surface area contributed by atoms with Gasteiger partial charge in [0.25, 0.3) is 0 Å². The molecular weight excluding hydrogens is 240 g/mol. The molecule has 0 aromatic heterocycles. The maximum atomic E-state index is 11.8. The van der Waals surface area contributed by atoms with Gasteiger partial charge in [0.1, 0.15) is 0 Å². The van der Waals surface area contributed by atoms with Crippen molar-refractivity contribution in [3.63, 3.8) is 0 Å². The maximum Gasteiger partial charge on any atom is 0.222 e. The number of hydrogen-bond acceptors (Lipinski definition) is 3. The molecule has 1 aliphatic rings. The predicted molar refractivity (Wildman–Crippen MR) is 71.6 cm³/mol. The molecule has 5 heteroatoms. The van der Waals surface area contributed by atoms with Gasteiger partial charge in [-0.25, -0.2) is 0 Å². The van der Waals surface area contributed by atoms with Gasteiger partial charge >= 0.3 is 0 Å². The lowest BCUT2D eigenvalue weighted by Crippen LogP contribution is -2.29. The van der Waals surface area contributed by atoms with Crippen molar-refractivity contribution in [2.45, 2.75) is 26.2 Å². The molecule has 0 radical (unpaired) electrons. The van der Waals surface area contributed by atoms with Crippen LogP contribution in [0.4, 0.5) is 0 Å². The molecule has 0 spiro atoms. The van der Waals surface area contributed by atoms with Gasteiger partial charge in [0.15, 0.2) is 0 Å². The van der Waals surface area contributed by atoms with Gasteiger partial charge in [0, 0.05) is 32.0 Å². The van der Waals surface area contributed by atoms with E-state index in [-0.39, 0.29) is 12.4 Å². The highest BCUT2D eigenvalue weighted by Crippen LogP contribution is 2.17. The summed E-state index contributed by atoms with van der Waals surface area (Å²) >= 11 is 0. The summed E-state index contributed by atoms with van der Waals surface area (Å²) < 4.78 is 5.40. The Balaban J connectivity index is 0.00000256. The largest absolute Gasteiger partial charge is 0.381 e. The van der Waals surface area contributed by atoms with Crippen LogP contribution in [0.2, 0.25) is 0 Å². The molecule has 102 valence electrons. The van der Waals surface area contributed by atoms with Gasteiger partial charge in [0.2, 0.25) is 5.91 Å². The summed E-state index contributed by atoms with van der Waals surface area (Å²) in [6.45, 7) is 6.30. The highest BCUT2D eigenvalue weighted by molar-refractivity contribution is 5.85. The van der Waals surface area contributed by atoms with Crippen molar-refractivity contribution in [2.75, 3.05) is 39.9 Å². The molecule has 0 aromatic carbocycles. The van der Waals surface area contributed by atoms with Crippen LogP contribution in [0.25, 0.3) is 0 Å². The Bertz CT molecular complexity index is 215.